The minimum Gasteiger partial charge on any atom is -0.419 e. The van der Waals surface area contributed by atoms with E-state index >= 15 is 0 Å². The van der Waals surface area contributed by atoms with Gasteiger partial charge in [-0.25, -0.2) is 0 Å². The van der Waals surface area contributed by atoms with Gasteiger partial charge in [-0.15, -0.1) is 10.2 Å². The molecule has 0 N–H and O–H groups in total. The molecule has 0 atom stereocenters. The third kappa shape index (κ3) is 4.51. The van der Waals surface area contributed by atoms with Crippen molar-refractivity contribution in [2.45, 2.75) is 19.4 Å². The zero-order valence-corrected chi connectivity index (χ0v) is 17.5. The summed E-state index contributed by atoms with van der Waals surface area (Å²) >= 11 is 9.32. The van der Waals surface area contributed by atoms with Gasteiger partial charge in [0, 0.05) is 26.5 Å². The Morgan fingerprint density at radius 2 is 1.75 bits per heavy atom. The predicted octanol–water partition coefficient (Wildman–Crippen LogP) is 5.25. The van der Waals surface area contributed by atoms with Crippen molar-refractivity contribution in [2.24, 2.45) is 5.92 Å². The minimum atomic E-state index is 0.0541. The SMILES string of the molecule is O=C(c1ccc(Cl)cc1)C1CCN(Cc2nnc(-c3ccc(Br)cc3)o2)CC1. The van der Waals surface area contributed by atoms with E-state index in [-0.39, 0.29) is 11.7 Å². The number of aromatic nitrogens is 2. The first-order valence-corrected chi connectivity index (χ1v) is 10.4. The van der Waals surface area contributed by atoms with E-state index in [0.29, 0.717) is 23.3 Å². The average molecular weight is 461 g/mol. The lowest BCUT2D eigenvalue weighted by atomic mass is 9.89. The molecule has 0 saturated carbocycles. The molecule has 1 aliphatic heterocycles. The second-order valence-corrected chi connectivity index (χ2v) is 8.28. The van der Waals surface area contributed by atoms with Crippen molar-refractivity contribution in [2.75, 3.05) is 13.1 Å². The third-order valence-electron chi connectivity index (χ3n) is 5.00. The normalized spacial score (nSPS) is 15.6. The maximum absolute atomic E-state index is 12.7. The Hall–Kier alpha value is -2.02. The predicted molar refractivity (Wildman–Crippen MR) is 111 cm³/mol. The molecule has 1 saturated heterocycles. The highest BCUT2D eigenvalue weighted by Crippen LogP contribution is 2.25. The van der Waals surface area contributed by atoms with Crippen LogP contribution in [0.5, 0.6) is 0 Å². The number of nitrogens with zero attached hydrogens (tertiary/aromatic N) is 3. The number of likely N-dealkylation sites (tertiary alicyclic amines) is 1. The first-order chi connectivity index (χ1) is 13.6. The zero-order chi connectivity index (χ0) is 19.5. The van der Waals surface area contributed by atoms with Crippen LogP contribution in [-0.4, -0.2) is 34.0 Å². The fourth-order valence-corrected chi connectivity index (χ4v) is 3.81. The van der Waals surface area contributed by atoms with Crippen LogP contribution >= 0.6 is 27.5 Å². The number of ketones is 1. The Balaban J connectivity index is 1.33. The maximum Gasteiger partial charge on any atom is 0.247 e. The van der Waals surface area contributed by atoms with Crippen molar-refractivity contribution in [1.29, 1.82) is 0 Å². The van der Waals surface area contributed by atoms with Crippen molar-refractivity contribution in [1.82, 2.24) is 15.1 Å². The second-order valence-electron chi connectivity index (χ2n) is 6.93. The molecule has 28 heavy (non-hydrogen) atoms. The minimum absolute atomic E-state index is 0.0541. The summed E-state index contributed by atoms with van der Waals surface area (Å²) < 4.78 is 6.81. The van der Waals surface area contributed by atoms with Crippen LogP contribution in [-0.2, 0) is 6.54 Å². The number of hydrogen-bond acceptors (Lipinski definition) is 5. The van der Waals surface area contributed by atoms with Gasteiger partial charge in [0.2, 0.25) is 11.8 Å². The quantitative estimate of drug-likeness (QED) is 0.487. The fraction of sp³-hybridized carbons (Fsp3) is 0.286. The lowest BCUT2D eigenvalue weighted by molar-refractivity contribution is 0.0828. The van der Waals surface area contributed by atoms with Crippen LogP contribution in [0.15, 0.2) is 57.4 Å². The number of hydrogen-bond donors (Lipinski definition) is 0. The van der Waals surface area contributed by atoms with Gasteiger partial charge in [0.05, 0.1) is 6.54 Å². The van der Waals surface area contributed by atoms with Crippen LogP contribution < -0.4 is 0 Å². The summed E-state index contributed by atoms with van der Waals surface area (Å²) in [7, 11) is 0. The molecule has 1 aliphatic rings. The fourth-order valence-electron chi connectivity index (χ4n) is 3.42. The molecule has 0 radical (unpaired) electrons. The molecule has 144 valence electrons. The lowest BCUT2D eigenvalue weighted by Gasteiger charge is -2.30. The van der Waals surface area contributed by atoms with Gasteiger partial charge in [0.25, 0.3) is 0 Å². The standard InChI is InChI=1S/C21H19BrClN3O2/c22-17-5-1-16(2-6-17)21-25-24-19(28-21)13-26-11-9-15(10-12-26)20(27)14-3-7-18(23)8-4-14/h1-8,15H,9-13H2. The van der Waals surface area contributed by atoms with E-state index in [2.05, 4.69) is 31.0 Å². The van der Waals surface area contributed by atoms with Crippen molar-refractivity contribution in [3.8, 4) is 11.5 Å². The van der Waals surface area contributed by atoms with E-state index in [1.54, 1.807) is 24.3 Å². The molecule has 1 aromatic heterocycles. The van der Waals surface area contributed by atoms with Crippen LogP contribution in [0.3, 0.4) is 0 Å². The zero-order valence-electron chi connectivity index (χ0n) is 15.1. The molecule has 1 fully saturated rings. The van der Waals surface area contributed by atoms with Gasteiger partial charge < -0.3 is 4.42 Å². The summed E-state index contributed by atoms with van der Waals surface area (Å²) in [6, 6.07) is 14.9. The molecule has 3 aromatic rings. The summed E-state index contributed by atoms with van der Waals surface area (Å²) in [5.74, 6) is 1.38. The number of Topliss-reactive ketones (excluding diaryl/α,β-unsaturated/α-hetero) is 1. The van der Waals surface area contributed by atoms with Gasteiger partial charge >= 0.3 is 0 Å². The number of halogens is 2. The van der Waals surface area contributed by atoms with Gasteiger partial charge in [-0.05, 0) is 74.5 Å². The summed E-state index contributed by atoms with van der Waals surface area (Å²) in [5.41, 5.74) is 1.63. The summed E-state index contributed by atoms with van der Waals surface area (Å²) in [6.45, 7) is 2.27. The Labute approximate surface area is 176 Å². The highest BCUT2D eigenvalue weighted by atomic mass is 79.9. The Morgan fingerprint density at radius 3 is 2.43 bits per heavy atom. The van der Waals surface area contributed by atoms with Crippen LogP contribution in [0.4, 0.5) is 0 Å². The molecule has 5 nitrogen and oxygen atoms in total. The molecule has 0 unspecified atom stereocenters. The monoisotopic (exact) mass is 459 g/mol. The third-order valence-corrected chi connectivity index (χ3v) is 5.78. The second kappa shape index (κ2) is 8.55. The van der Waals surface area contributed by atoms with Crippen LogP contribution in [0, 0.1) is 5.92 Å². The highest BCUT2D eigenvalue weighted by Gasteiger charge is 2.26. The Morgan fingerprint density at radius 1 is 1.07 bits per heavy atom. The number of benzene rings is 2. The van der Waals surface area contributed by atoms with E-state index in [4.69, 9.17) is 16.0 Å². The summed E-state index contributed by atoms with van der Waals surface area (Å²) in [6.07, 6.45) is 1.66. The maximum atomic E-state index is 12.7. The molecule has 0 bridgehead atoms. The highest BCUT2D eigenvalue weighted by molar-refractivity contribution is 9.10. The van der Waals surface area contributed by atoms with Gasteiger partial charge in [0.15, 0.2) is 5.78 Å². The lowest BCUT2D eigenvalue weighted by Crippen LogP contribution is -2.36. The Kier molecular flexibility index (Phi) is 5.90. The first kappa shape index (κ1) is 19.3. The molecule has 0 aliphatic carbocycles. The van der Waals surface area contributed by atoms with Gasteiger partial charge in [-0.2, -0.15) is 0 Å². The summed E-state index contributed by atoms with van der Waals surface area (Å²) in [4.78, 5) is 14.9. The molecule has 0 amide bonds. The number of carbonyl (C=O) groups excluding carboxylic acids is 1. The van der Waals surface area contributed by atoms with Gasteiger partial charge in [0.1, 0.15) is 0 Å². The largest absolute Gasteiger partial charge is 0.419 e. The number of carbonyl (C=O) groups is 1. The molecular weight excluding hydrogens is 442 g/mol. The number of rotatable bonds is 5. The van der Waals surface area contributed by atoms with Crippen LogP contribution in [0.25, 0.3) is 11.5 Å². The molecule has 2 heterocycles. The molecule has 4 rings (SSSR count). The topological polar surface area (TPSA) is 59.2 Å². The van der Waals surface area contributed by atoms with E-state index in [9.17, 15) is 4.79 Å². The summed E-state index contributed by atoms with van der Waals surface area (Å²) in [5, 5.41) is 8.96. The van der Waals surface area contributed by atoms with E-state index < -0.39 is 0 Å². The first-order valence-electron chi connectivity index (χ1n) is 9.19. The van der Waals surface area contributed by atoms with Crippen LogP contribution in [0.2, 0.25) is 5.02 Å². The van der Waals surface area contributed by atoms with Crippen molar-refractivity contribution >= 4 is 33.3 Å². The average Bonchev–Trinajstić information content (AvgIpc) is 3.18. The molecular formula is C21H19BrClN3O2. The van der Waals surface area contributed by atoms with E-state index in [0.717, 1.165) is 41.5 Å². The molecule has 0 spiro atoms. The molecule has 2 aromatic carbocycles. The van der Waals surface area contributed by atoms with E-state index in [1.165, 1.54) is 0 Å². The number of piperidine rings is 1. The van der Waals surface area contributed by atoms with Gasteiger partial charge in [-0.1, -0.05) is 27.5 Å². The van der Waals surface area contributed by atoms with Crippen molar-refractivity contribution in [3.63, 3.8) is 0 Å². The Bertz CT molecular complexity index is 949. The van der Waals surface area contributed by atoms with Crippen molar-refractivity contribution < 1.29 is 9.21 Å². The van der Waals surface area contributed by atoms with E-state index in [1.807, 2.05) is 24.3 Å². The van der Waals surface area contributed by atoms with Crippen LogP contribution in [0.1, 0.15) is 29.1 Å². The molecule has 7 heteroatoms. The smallest absolute Gasteiger partial charge is 0.247 e. The van der Waals surface area contributed by atoms with Gasteiger partial charge in [-0.3, -0.25) is 9.69 Å². The van der Waals surface area contributed by atoms with Crippen molar-refractivity contribution in [3.05, 3.63) is 69.5 Å².